The summed E-state index contributed by atoms with van der Waals surface area (Å²) in [6.07, 6.45) is 11.0. The zero-order valence-electron chi connectivity index (χ0n) is 21.3. The van der Waals surface area contributed by atoms with Crippen LogP contribution in [0.3, 0.4) is 0 Å². The van der Waals surface area contributed by atoms with Crippen molar-refractivity contribution in [2.45, 2.75) is 89.9 Å². The first kappa shape index (κ1) is 25.4. The molecule has 2 amide bonds. The number of amides is 2. The number of aliphatic hydroxyl groups excluding tert-OH is 2. The Morgan fingerprint density at radius 3 is 2.56 bits per heavy atom. The van der Waals surface area contributed by atoms with Crippen LogP contribution in [0.25, 0.3) is 6.08 Å². The number of fused-ring (bicyclic) bond motifs is 3. The average molecular weight is 498 g/mol. The van der Waals surface area contributed by atoms with E-state index in [9.17, 15) is 19.8 Å². The lowest BCUT2D eigenvalue weighted by Gasteiger charge is -2.31. The number of likely N-dealkylation sites (tertiary alicyclic amines) is 1. The molecule has 1 aromatic rings. The molecule has 4 aliphatic rings. The molecule has 36 heavy (non-hydrogen) atoms. The van der Waals surface area contributed by atoms with E-state index < -0.39 is 0 Å². The fourth-order valence-electron chi connectivity index (χ4n) is 7.01. The van der Waals surface area contributed by atoms with Crippen LogP contribution in [0, 0.1) is 17.8 Å². The van der Waals surface area contributed by atoms with Crippen LogP contribution in [0.4, 0.5) is 0 Å². The van der Waals surface area contributed by atoms with E-state index in [-0.39, 0.29) is 54.9 Å². The van der Waals surface area contributed by atoms with Crippen LogP contribution in [0.5, 0.6) is 0 Å². The molecule has 7 heteroatoms. The van der Waals surface area contributed by atoms with Crippen LogP contribution in [-0.2, 0) is 20.9 Å². The molecule has 0 bridgehead atoms. The summed E-state index contributed by atoms with van der Waals surface area (Å²) >= 11 is 0. The number of carbonyl (C=O) groups is 2. The Balaban J connectivity index is 1.33. The highest BCUT2D eigenvalue weighted by atomic mass is 16.5. The van der Waals surface area contributed by atoms with E-state index in [2.05, 4.69) is 13.0 Å². The number of carbonyl (C=O) groups excluding carboxylic acids is 2. The van der Waals surface area contributed by atoms with Crippen LogP contribution >= 0.6 is 0 Å². The molecule has 2 saturated heterocycles. The molecule has 2 N–H and O–H groups in total. The van der Waals surface area contributed by atoms with Gasteiger partial charge in [0.25, 0.3) is 0 Å². The number of imide groups is 1. The van der Waals surface area contributed by atoms with Gasteiger partial charge in [-0.15, -0.1) is 0 Å². The monoisotopic (exact) mass is 497 g/mol. The van der Waals surface area contributed by atoms with Gasteiger partial charge in [-0.25, -0.2) is 0 Å². The Hall–Kier alpha value is -2.22. The van der Waals surface area contributed by atoms with E-state index >= 15 is 0 Å². The fourth-order valence-corrected chi connectivity index (χ4v) is 7.01. The summed E-state index contributed by atoms with van der Waals surface area (Å²) in [5, 5.41) is 19.5. The molecule has 0 unspecified atom stereocenters. The summed E-state index contributed by atoms with van der Waals surface area (Å²) in [6.45, 7) is 2.38. The number of aliphatic hydroxyl groups is 2. The van der Waals surface area contributed by atoms with Crippen molar-refractivity contribution in [3.63, 3.8) is 0 Å². The Bertz CT molecular complexity index is 1030. The molecule has 0 aromatic carbocycles. The molecular weight excluding hydrogens is 458 g/mol. The number of hydrogen-bond donors (Lipinski definition) is 2. The third-order valence-electron chi connectivity index (χ3n) is 8.66. The Morgan fingerprint density at radius 2 is 1.86 bits per heavy atom. The molecule has 7 nitrogen and oxygen atoms in total. The van der Waals surface area contributed by atoms with E-state index in [0.717, 1.165) is 68.3 Å². The van der Waals surface area contributed by atoms with Crippen LogP contribution in [-0.4, -0.2) is 52.3 Å². The minimum Gasteiger partial charge on any atom is -0.459 e. The van der Waals surface area contributed by atoms with Gasteiger partial charge in [-0.3, -0.25) is 14.5 Å². The molecule has 5 rings (SSSR count). The first-order valence-electron chi connectivity index (χ1n) is 13.8. The zero-order valence-corrected chi connectivity index (χ0v) is 21.3. The molecule has 0 radical (unpaired) electrons. The molecule has 2 aliphatic carbocycles. The van der Waals surface area contributed by atoms with Crippen molar-refractivity contribution in [1.82, 2.24) is 4.90 Å². The maximum Gasteiger partial charge on any atom is 0.234 e. The van der Waals surface area contributed by atoms with E-state index in [1.54, 1.807) is 11.0 Å². The van der Waals surface area contributed by atoms with Gasteiger partial charge in [0.05, 0.1) is 31.2 Å². The molecule has 1 saturated carbocycles. The van der Waals surface area contributed by atoms with Gasteiger partial charge in [-0.2, -0.15) is 0 Å². The van der Waals surface area contributed by atoms with Crippen LogP contribution in [0.1, 0.15) is 82.7 Å². The molecule has 196 valence electrons. The molecular formula is C29H39NO6. The molecule has 3 heterocycles. The van der Waals surface area contributed by atoms with Gasteiger partial charge in [0.1, 0.15) is 18.1 Å². The number of ether oxygens (including phenoxy) is 1. The van der Waals surface area contributed by atoms with Crippen LogP contribution < -0.4 is 0 Å². The van der Waals surface area contributed by atoms with E-state index in [0.29, 0.717) is 18.8 Å². The third-order valence-corrected chi connectivity index (χ3v) is 8.66. The summed E-state index contributed by atoms with van der Waals surface area (Å²) < 4.78 is 11.9. The highest BCUT2D eigenvalue weighted by molar-refractivity contribution is 6.06. The van der Waals surface area contributed by atoms with Gasteiger partial charge in [0, 0.05) is 12.0 Å². The maximum absolute atomic E-state index is 13.6. The first-order chi connectivity index (χ1) is 17.5. The zero-order chi connectivity index (χ0) is 25.2. The summed E-state index contributed by atoms with van der Waals surface area (Å²) in [5.74, 6) is 0.432. The van der Waals surface area contributed by atoms with Crippen molar-refractivity contribution < 1.29 is 29.0 Å². The topological polar surface area (TPSA) is 100 Å². The fraction of sp³-hybridized carbons (Fsp3) is 0.655. The van der Waals surface area contributed by atoms with Crippen molar-refractivity contribution in [2.24, 2.45) is 17.8 Å². The second-order valence-corrected chi connectivity index (χ2v) is 10.9. The number of allylic oxidation sites excluding steroid dienone is 1. The van der Waals surface area contributed by atoms with E-state index in [4.69, 9.17) is 9.15 Å². The smallest absolute Gasteiger partial charge is 0.234 e. The lowest BCUT2D eigenvalue weighted by Crippen LogP contribution is -2.42. The number of hydrogen-bond acceptors (Lipinski definition) is 6. The molecule has 3 fully saturated rings. The highest BCUT2D eigenvalue weighted by Gasteiger charge is 2.58. The molecule has 2 aliphatic heterocycles. The Morgan fingerprint density at radius 1 is 1.06 bits per heavy atom. The summed E-state index contributed by atoms with van der Waals surface area (Å²) in [7, 11) is 0. The standard InChI is InChI=1S/C29H39NO6/c1-2-6-18(13-21-10-11-22(16-32)36-21)9-12-25-26-19(15-31)14-23-27(24(26)17-35-25)29(34)30(28(23)33)20-7-4-3-5-8-20/h10-11,13,20,23-25,27,31-32H,2-9,12,14-17H2,1H3/b18-13+/t23-,24+,25-,27-/m1/s1. The number of rotatable bonds is 9. The van der Waals surface area contributed by atoms with Gasteiger partial charge in [0.2, 0.25) is 11.8 Å². The molecule has 1 aromatic heterocycles. The van der Waals surface area contributed by atoms with Crippen molar-refractivity contribution in [2.75, 3.05) is 13.2 Å². The summed E-state index contributed by atoms with van der Waals surface area (Å²) in [4.78, 5) is 28.6. The minimum absolute atomic E-state index is 0.00952. The maximum atomic E-state index is 13.6. The van der Waals surface area contributed by atoms with Crippen molar-refractivity contribution in [3.8, 4) is 0 Å². The van der Waals surface area contributed by atoms with Crippen molar-refractivity contribution >= 4 is 17.9 Å². The summed E-state index contributed by atoms with van der Waals surface area (Å²) in [6, 6.07) is 3.70. The van der Waals surface area contributed by atoms with Crippen molar-refractivity contribution in [3.05, 3.63) is 40.4 Å². The predicted octanol–water partition coefficient (Wildman–Crippen LogP) is 4.38. The molecule has 0 spiro atoms. The highest BCUT2D eigenvalue weighted by Crippen LogP contribution is 2.50. The SMILES string of the molecule is CCC/C(=C\c1ccc(CO)o1)CC[C@H]1OC[C@H]2C1=C(CO)C[C@H]1C(=O)N(C3CCCCC3)C(=O)[C@H]12. The lowest BCUT2D eigenvalue weighted by molar-refractivity contribution is -0.143. The van der Waals surface area contributed by atoms with Gasteiger partial charge in [-0.05, 0) is 67.9 Å². The van der Waals surface area contributed by atoms with Crippen molar-refractivity contribution in [1.29, 1.82) is 0 Å². The largest absolute Gasteiger partial charge is 0.459 e. The first-order valence-corrected chi connectivity index (χ1v) is 13.8. The van der Waals surface area contributed by atoms with Gasteiger partial charge in [0.15, 0.2) is 0 Å². The second kappa shape index (κ2) is 11.0. The van der Waals surface area contributed by atoms with Gasteiger partial charge >= 0.3 is 0 Å². The quantitative estimate of drug-likeness (QED) is 0.388. The third kappa shape index (κ3) is 4.73. The van der Waals surface area contributed by atoms with Gasteiger partial charge in [-0.1, -0.05) is 38.2 Å². The Kier molecular flexibility index (Phi) is 7.79. The van der Waals surface area contributed by atoms with E-state index in [1.165, 1.54) is 12.0 Å². The van der Waals surface area contributed by atoms with Crippen LogP contribution in [0.2, 0.25) is 0 Å². The Labute approximate surface area is 213 Å². The lowest BCUT2D eigenvalue weighted by atomic mass is 9.69. The minimum atomic E-state index is -0.354. The normalized spacial score (nSPS) is 29.3. The number of nitrogens with zero attached hydrogens (tertiary/aromatic N) is 1. The molecule has 4 atom stereocenters. The second-order valence-electron chi connectivity index (χ2n) is 10.9. The van der Waals surface area contributed by atoms with E-state index in [1.807, 2.05) is 6.07 Å². The predicted molar refractivity (Wildman–Crippen MR) is 134 cm³/mol. The van der Waals surface area contributed by atoms with Gasteiger partial charge < -0.3 is 19.4 Å². The number of furan rings is 1. The average Bonchev–Trinajstić information content (AvgIpc) is 3.59. The van der Waals surface area contributed by atoms with Crippen LogP contribution in [0.15, 0.2) is 33.3 Å². The summed E-state index contributed by atoms with van der Waals surface area (Å²) in [5.41, 5.74) is 3.22.